The molecule has 0 aromatic heterocycles. The minimum atomic E-state index is 0. The largest absolute Gasteiger partial charge is 0.326 e. The molecule has 2 N–H and O–H groups in total. The molecule has 0 spiro atoms. The molecule has 0 saturated carbocycles. The quantitative estimate of drug-likeness (QED) is 0.695. The summed E-state index contributed by atoms with van der Waals surface area (Å²) in [6.45, 7) is 4.77. The van der Waals surface area contributed by atoms with Crippen molar-refractivity contribution in [3.8, 4) is 0 Å². The molecule has 0 bridgehead atoms. The molecular weight excluding hydrogens is 244 g/mol. The average Bonchev–Trinajstić information content (AvgIpc) is 2.27. The Bertz CT molecular complexity index is 159. The maximum atomic E-state index is 5.88. The molecule has 0 aromatic carbocycles. The van der Waals surface area contributed by atoms with Crippen molar-refractivity contribution in [1.29, 1.82) is 0 Å². The lowest BCUT2D eigenvalue weighted by molar-refractivity contribution is 0.124. The molecule has 14 heavy (non-hydrogen) atoms. The second-order valence-electron chi connectivity index (χ2n) is 3.91. The molecule has 2 saturated heterocycles. The molecule has 2 atom stereocenters. The molecule has 0 unspecified atom stereocenters. The van der Waals surface area contributed by atoms with Crippen molar-refractivity contribution in [2.45, 2.75) is 18.5 Å². The number of hydrogen-bond donors (Lipinski definition) is 1. The third-order valence-corrected chi connectivity index (χ3v) is 2.85. The third kappa shape index (κ3) is 3.72. The number of nitrogens with zero attached hydrogens (tertiary/aromatic N) is 2. The van der Waals surface area contributed by atoms with Gasteiger partial charge in [-0.05, 0) is 13.5 Å². The Kier molecular flexibility index (Phi) is 8.69. The van der Waals surface area contributed by atoms with Gasteiger partial charge in [0.1, 0.15) is 0 Å². The maximum absolute atomic E-state index is 5.88. The summed E-state index contributed by atoms with van der Waals surface area (Å²) in [5, 5.41) is 0. The average molecular weight is 265 g/mol. The van der Waals surface area contributed by atoms with E-state index in [-0.39, 0.29) is 37.2 Å². The van der Waals surface area contributed by atoms with Crippen LogP contribution in [0.15, 0.2) is 0 Å². The van der Waals surface area contributed by atoms with Crippen LogP contribution in [-0.4, -0.2) is 55.1 Å². The molecule has 0 aromatic rings. The fraction of sp³-hybridized carbons (Fsp3) is 1.00. The predicted octanol–water partition coefficient (Wildman–Crippen LogP) is 0.599. The minimum Gasteiger partial charge on any atom is -0.326 e. The smallest absolute Gasteiger partial charge is 0.0239 e. The number of halogens is 3. The Balaban J connectivity index is 0. The summed E-state index contributed by atoms with van der Waals surface area (Å²) < 4.78 is 0. The summed E-state index contributed by atoms with van der Waals surface area (Å²) in [4.78, 5) is 4.93. The summed E-state index contributed by atoms with van der Waals surface area (Å²) in [6.07, 6.45) is 1.20. The van der Waals surface area contributed by atoms with Crippen molar-refractivity contribution in [3.63, 3.8) is 0 Å². The number of rotatable bonds is 0. The second kappa shape index (κ2) is 7.09. The SMILES string of the molecule is CN1CCN2C[C@H](N)C[C@H]2C1.Cl.Cl.Cl. The first-order valence-electron chi connectivity index (χ1n) is 4.44. The molecule has 2 aliphatic rings. The maximum Gasteiger partial charge on any atom is 0.0239 e. The Labute approximate surface area is 105 Å². The van der Waals surface area contributed by atoms with Crippen molar-refractivity contribution in [3.05, 3.63) is 0 Å². The highest BCUT2D eigenvalue weighted by Crippen LogP contribution is 2.19. The van der Waals surface area contributed by atoms with Gasteiger partial charge in [0.2, 0.25) is 0 Å². The van der Waals surface area contributed by atoms with Crippen LogP contribution in [-0.2, 0) is 0 Å². The molecule has 0 aliphatic carbocycles. The van der Waals surface area contributed by atoms with E-state index in [1.165, 1.54) is 26.1 Å². The van der Waals surface area contributed by atoms with Crippen LogP contribution in [0, 0.1) is 0 Å². The van der Waals surface area contributed by atoms with E-state index in [0.717, 1.165) is 12.6 Å². The Morgan fingerprint density at radius 1 is 1.07 bits per heavy atom. The van der Waals surface area contributed by atoms with Crippen molar-refractivity contribution in [2.24, 2.45) is 5.73 Å². The number of nitrogens with two attached hydrogens (primary N) is 1. The normalized spacial score (nSPS) is 32.1. The summed E-state index contributed by atoms with van der Waals surface area (Å²) in [5.74, 6) is 0. The molecule has 3 nitrogen and oxygen atoms in total. The highest BCUT2D eigenvalue weighted by atomic mass is 35.5. The van der Waals surface area contributed by atoms with Crippen LogP contribution in [0.3, 0.4) is 0 Å². The number of fused-ring (bicyclic) bond motifs is 1. The van der Waals surface area contributed by atoms with Crippen LogP contribution in [0.5, 0.6) is 0 Å². The summed E-state index contributed by atoms with van der Waals surface area (Å²) in [5.41, 5.74) is 5.88. The van der Waals surface area contributed by atoms with Gasteiger partial charge >= 0.3 is 0 Å². The molecular formula is C8H20Cl3N3. The Morgan fingerprint density at radius 2 is 1.71 bits per heavy atom. The van der Waals surface area contributed by atoms with Crippen molar-refractivity contribution >= 4 is 37.2 Å². The lowest BCUT2D eigenvalue weighted by atomic mass is 10.1. The van der Waals surface area contributed by atoms with Gasteiger partial charge in [0.15, 0.2) is 0 Å². The first-order chi connectivity index (χ1) is 5.25. The highest BCUT2D eigenvalue weighted by molar-refractivity contribution is 5.86. The van der Waals surface area contributed by atoms with Gasteiger partial charge in [0.05, 0.1) is 0 Å². The van der Waals surface area contributed by atoms with Crippen molar-refractivity contribution < 1.29 is 0 Å². The van der Waals surface area contributed by atoms with E-state index in [1.807, 2.05) is 0 Å². The standard InChI is InChI=1S/C8H17N3.3ClH/c1-10-2-3-11-5-7(9)4-8(11)6-10;;;/h7-8H,2-6,9H2,1H3;3*1H/t7-,8+;;;/m1.../s1. The number of piperazine rings is 1. The van der Waals surface area contributed by atoms with Gasteiger partial charge in [-0.2, -0.15) is 0 Å². The zero-order chi connectivity index (χ0) is 7.84. The van der Waals surface area contributed by atoms with Crippen LogP contribution in [0.4, 0.5) is 0 Å². The van der Waals surface area contributed by atoms with Gasteiger partial charge in [-0.25, -0.2) is 0 Å². The van der Waals surface area contributed by atoms with Crippen molar-refractivity contribution in [2.75, 3.05) is 33.2 Å². The van der Waals surface area contributed by atoms with E-state index in [0.29, 0.717) is 6.04 Å². The van der Waals surface area contributed by atoms with E-state index < -0.39 is 0 Å². The predicted molar refractivity (Wildman–Crippen MR) is 67.2 cm³/mol. The first kappa shape index (κ1) is 17.2. The van der Waals surface area contributed by atoms with E-state index in [4.69, 9.17) is 5.73 Å². The van der Waals surface area contributed by atoms with Gasteiger partial charge in [-0.15, -0.1) is 37.2 Å². The van der Waals surface area contributed by atoms with Crippen LogP contribution in [0.2, 0.25) is 0 Å². The summed E-state index contributed by atoms with van der Waals surface area (Å²) in [7, 11) is 2.20. The molecule has 0 amide bonds. The van der Waals surface area contributed by atoms with Gasteiger partial charge in [0.25, 0.3) is 0 Å². The van der Waals surface area contributed by atoms with Gasteiger partial charge in [-0.3, -0.25) is 4.90 Å². The topological polar surface area (TPSA) is 32.5 Å². The molecule has 2 heterocycles. The van der Waals surface area contributed by atoms with E-state index in [2.05, 4.69) is 16.8 Å². The first-order valence-corrected chi connectivity index (χ1v) is 4.44. The second-order valence-corrected chi connectivity index (χ2v) is 3.91. The van der Waals surface area contributed by atoms with Gasteiger partial charge < -0.3 is 10.6 Å². The van der Waals surface area contributed by atoms with Crippen LogP contribution >= 0.6 is 37.2 Å². The van der Waals surface area contributed by atoms with Gasteiger partial charge in [0, 0.05) is 38.3 Å². The van der Waals surface area contributed by atoms with Gasteiger partial charge in [-0.1, -0.05) is 0 Å². The lowest BCUT2D eigenvalue weighted by Crippen LogP contribution is -2.48. The zero-order valence-corrected chi connectivity index (χ0v) is 10.8. The Morgan fingerprint density at radius 3 is 2.36 bits per heavy atom. The molecule has 2 aliphatic heterocycles. The summed E-state index contributed by atoms with van der Waals surface area (Å²) in [6, 6.07) is 1.19. The molecule has 88 valence electrons. The van der Waals surface area contributed by atoms with Crippen LogP contribution < -0.4 is 5.73 Å². The lowest BCUT2D eigenvalue weighted by Gasteiger charge is -2.35. The molecule has 0 radical (unpaired) electrons. The highest BCUT2D eigenvalue weighted by Gasteiger charge is 2.32. The van der Waals surface area contributed by atoms with E-state index >= 15 is 0 Å². The Hall–Kier alpha value is 0.750. The third-order valence-electron chi connectivity index (χ3n) is 2.85. The van der Waals surface area contributed by atoms with Crippen LogP contribution in [0.25, 0.3) is 0 Å². The van der Waals surface area contributed by atoms with Crippen molar-refractivity contribution in [1.82, 2.24) is 9.80 Å². The molecule has 6 heteroatoms. The molecule has 2 fully saturated rings. The van der Waals surface area contributed by atoms with Crippen LogP contribution in [0.1, 0.15) is 6.42 Å². The minimum absolute atomic E-state index is 0. The monoisotopic (exact) mass is 263 g/mol. The number of hydrogen-bond acceptors (Lipinski definition) is 3. The van der Waals surface area contributed by atoms with E-state index in [1.54, 1.807) is 0 Å². The van der Waals surface area contributed by atoms with E-state index in [9.17, 15) is 0 Å². The molecule has 2 rings (SSSR count). The zero-order valence-electron chi connectivity index (χ0n) is 8.39. The summed E-state index contributed by atoms with van der Waals surface area (Å²) >= 11 is 0. The fourth-order valence-corrected chi connectivity index (χ4v) is 2.24. The fourth-order valence-electron chi connectivity index (χ4n) is 2.24. The number of likely N-dealkylation sites (N-methyl/N-ethyl adjacent to an activating group) is 1.